The van der Waals surface area contributed by atoms with Gasteiger partial charge in [0.05, 0.1) is 4.91 Å². The Balaban J connectivity index is 1.73. The number of nitrogens with zero attached hydrogens (tertiary/aromatic N) is 2. The molecule has 28 heavy (non-hydrogen) atoms. The Kier molecular flexibility index (Phi) is 6.11. The van der Waals surface area contributed by atoms with E-state index in [2.05, 4.69) is 0 Å². The number of hydrogen-bond acceptors (Lipinski definition) is 5. The lowest BCUT2D eigenvalue weighted by Crippen LogP contribution is -2.34. The molecular formula is C22H20N2O2S2. The number of thioether (sulfide) groups is 1. The second-order valence-corrected chi connectivity index (χ2v) is 8.23. The van der Waals surface area contributed by atoms with Crippen LogP contribution in [-0.2, 0) is 4.79 Å². The van der Waals surface area contributed by atoms with E-state index in [-0.39, 0.29) is 10.2 Å². The Labute approximate surface area is 174 Å². The highest BCUT2D eigenvalue weighted by atomic mass is 32.2. The molecule has 0 atom stereocenters. The number of carbonyl (C=O) groups is 2. The molecule has 2 amide bonds. The van der Waals surface area contributed by atoms with Crippen LogP contribution in [0.15, 0.2) is 65.6 Å². The molecule has 0 aliphatic carbocycles. The van der Waals surface area contributed by atoms with E-state index in [0.29, 0.717) is 10.5 Å². The van der Waals surface area contributed by atoms with E-state index in [0.717, 1.165) is 33.5 Å². The summed E-state index contributed by atoms with van der Waals surface area (Å²) < 4.78 is 0.255. The minimum Gasteiger partial charge on any atom is -0.378 e. The minimum absolute atomic E-state index is 0.255. The van der Waals surface area contributed by atoms with Crippen LogP contribution in [0, 0.1) is 6.92 Å². The molecule has 0 bridgehead atoms. The number of allylic oxidation sites excluding steroid dienone is 2. The summed E-state index contributed by atoms with van der Waals surface area (Å²) in [6.45, 7) is 1.94. The summed E-state index contributed by atoms with van der Waals surface area (Å²) in [4.78, 5) is 28.8. The fourth-order valence-electron chi connectivity index (χ4n) is 2.61. The molecule has 1 aliphatic heterocycles. The summed E-state index contributed by atoms with van der Waals surface area (Å²) in [5, 5.41) is 0. The number of benzene rings is 2. The Morgan fingerprint density at radius 3 is 2.32 bits per heavy atom. The van der Waals surface area contributed by atoms with Gasteiger partial charge in [-0.1, -0.05) is 66.0 Å². The molecule has 142 valence electrons. The van der Waals surface area contributed by atoms with Crippen molar-refractivity contribution in [3.8, 4) is 0 Å². The first-order valence-corrected chi connectivity index (χ1v) is 9.92. The summed E-state index contributed by atoms with van der Waals surface area (Å²) in [6.07, 6.45) is 5.41. The predicted molar refractivity (Wildman–Crippen MR) is 120 cm³/mol. The second-order valence-electron chi connectivity index (χ2n) is 6.56. The van der Waals surface area contributed by atoms with Crippen LogP contribution >= 0.6 is 24.0 Å². The largest absolute Gasteiger partial charge is 0.378 e. The number of carbonyl (C=O) groups excluding carboxylic acids is 2. The van der Waals surface area contributed by atoms with Gasteiger partial charge in [-0.25, -0.2) is 4.90 Å². The molecule has 0 aromatic heterocycles. The molecule has 0 spiro atoms. The minimum atomic E-state index is -0.394. The third kappa shape index (κ3) is 4.40. The number of anilines is 1. The van der Waals surface area contributed by atoms with Crippen LogP contribution in [-0.4, -0.2) is 35.1 Å². The number of amides is 2. The van der Waals surface area contributed by atoms with Crippen molar-refractivity contribution in [3.05, 3.63) is 82.3 Å². The number of hydrogen-bond donors (Lipinski definition) is 0. The highest BCUT2D eigenvalue weighted by Crippen LogP contribution is 2.32. The standard InChI is InChI=1S/C22H20N2O2S2/c1-15-7-11-17(12-8-15)20(25)24-21(26)19(28-22(24)27)6-4-5-16-9-13-18(14-10-16)23(2)3/h4-14H,1-3H3/b5-4+,19-6+. The van der Waals surface area contributed by atoms with Gasteiger partial charge < -0.3 is 4.90 Å². The molecule has 1 aliphatic rings. The van der Waals surface area contributed by atoms with E-state index in [4.69, 9.17) is 12.2 Å². The van der Waals surface area contributed by atoms with E-state index in [1.54, 1.807) is 24.3 Å². The van der Waals surface area contributed by atoms with Crippen molar-refractivity contribution < 1.29 is 9.59 Å². The van der Waals surface area contributed by atoms with Crippen molar-refractivity contribution in [1.29, 1.82) is 0 Å². The van der Waals surface area contributed by atoms with Crippen molar-refractivity contribution >= 4 is 51.9 Å². The third-order valence-electron chi connectivity index (χ3n) is 4.24. The van der Waals surface area contributed by atoms with E-state index in [1.165, 1.54) is 0 Å². The van der Waals surface area contributed by atoms with Crippen LogP contribution in [0.1, 0.15) is 21.5 Å². The zero-order valence-electron chi connectivity index (χ0n) is 15.9. The van der Waals surface area contributed by atoms with Crippen LogP contribution in [0.25, 0.3) is 6.08 Å². The number of imide groups is 1. The molecule has 0 N–H and O–H groups in total. The highest BCUT2D eigenvalue weighted by Gasteiger charge is 2.36. The van der Waals surface area contributed by atoms with Crippen LogP contribution < -0.4 is 4.90 Å². The quantitative estimate of drug-likeness (QED) is 0.418. The maximum atomic E-state index is 12.7. The van der Waals surface area contributed by atoms with Gasteiger partial charge >= 0.3 is 0 Å². The Morgan fingerprint density at radius 1 is 1.07 bits per heavy atom. The molecule has 6 heteroatoms. The van der Waals surface area contributed by atoms with Crippen LogP contribution in [0.3, 0.4) is 0 Å². The van der Waals surface area contributed by atoms with Gasteiger partial charge in [0, 0.05) is 25.3 Å². The average molecular weight is 409 g/mol. The van der Waals surface area contributed by atoms with E-state index in [1.807, 2.05) is 68.4 Å². The second kappa shape index (κ2) is 8.54. The molecule has 1 heterocycles. The van der Waals surface area contributed by atoms with Gasteiger partial charge in [0.2, 0.25) is 0 Å². The van der Waals surface area contributed by atoms with Crippen molar-refractivity contribution in [1.82, 2.24) is 4.90 Å². The van der Waals surface area contributed by atoms with E-state index < -0.39 is 5.91 Å². The SMILES string of the molecule is Cc1ccc(C(=O)N2C(=O)/C(=C\C=C\c3ccc(N(C)C)cc3)SC2=S)cc1. The molecule has 1 fully saturated rings. The monoisotopic (exact) mass is 408 g/mol. The Hall–Kier alpha value is -2.70. The maximum Gasteiger partial charge on any atom is 0.273 e. The smallest absolute Gasteiger partial charge is 0.273 e. The van der Waals surface area contributed by atoms with Gasteiger partial charge in [-0.2, -0.15) is 0 Å². The normalized spacial score (nSPS) is 15.7. The molecular weight excluding hydrogens is 388 g/mol. The predicted octanol–water partition coefficient (Wildman–Crippen LogP) is 4.66. The summed E-state index contributed by atoms with van der Waals surface area (Å²) in [6, 6.07) is 15.2. The first-order chi connectivity index (χ1) is 13.4. The maximum absolute atomic E-state index is 12.7. The lowest BCUT2D eigenvalue weighted by atomic mass is 10.1. The lowest BCUT2D eigenvalue weighted by molar-refractivity contribution is -0.120. The molecule has 1 saturated heterocycles. The molecule has 0 saturated carbocycles. The van der Waals surface area contributed by atoms with Gasteiger partial charge in [-0.15, -0.1) is 0 Å². The van der Waals surface area contributed by atoms with Gasteiger partial charge in [-0.3, -0.25) is 9.59 Å². The van der Waals surface area contributed by atoms with Crippen molar-refractivity contribution in [3.63, 3.8) is 0 Å². The molecule has 0 unspecified atom stereocenters. The zero-order valence-corrected chi connectivity index (χ0v) is 17.5. The van der Waals surface area contributed by atoms with Crippen molar-refractivity contribution in [2.45, 2.75) is 6.92 Å². The highest BCUT2D eigenvalue weighted by molar-refractivity contribution is 8.26. The number of rotatable bonds is 4. The topological polar surface area (TPSA) is 40.6 Å². The summed E-state index contributed by atoms with van der Waals surface area (Å²) in [5.41, 5.74) is 3.63. The summed E-state index contributed by atoms with van der Waals surface area (Å²) in [7, 11) is 3.98. The molecule has 2 aromatic rings. The van der Waals surface area contributed by atoms with Gasteiger partial charge in [0.1, 0.15) is 0 Å². The first kappa shape index (κ1) is 20.0. The first-order valence-electron chi connectivity index (χ1n) is 8.70. The summed E-state index contributed by atoms with van der Waals surface area (Å²) in [5.74, 6) is -0.776. The average Bonchev–Trinajstić information content (AvgIpc) is 2.95. The Morgan fingerprint density at radius 2 is 1.71 bits per heavy atom. The molecule has 3 rings (SSSR count). The Bertz CT molecular complexity index is 975. The van der Waals surface area contributed by atoms with Gasteiger partial charge in [0.15, 0.2) is 4.32 Å². The van der Waals surface area contributed by atoms with Gasteiger partial charge in [0.25, 0.3) is 11.8 Å². The number of aryl methyl sites for hydroxylation is 1. The van der Waals surface area contributed by atoms with Crippen LogP contribution in [0.2, 0.25) is 0 Å². The van der Waals surface area contributed by atoms with Crippen molar-refractivity contribution in [2.75, 3.05) is 19.0 Å². The van der Waals surface area contributed by atoms with E-state index >= 15 is 0 Å². The fraction of sp³-hybridized carbons (Fsp3) is 0.136. The van der Waals surface area contributed by atoms with Gasteiger partial charge in [-0.05, 0) is 42.8 Å². The van der Waals surface area contributed by atoms with Crippen molar-refractivity contribution in [2.24, 2.45) is 0 Å². The summed E-state index contributed by atoms with van der Waals surface area (Å²) >= 11 is 6.40. The number of thiocarbonyl (C=S) groups is 1. The van der Waals surface area contributed by atoms with E-state index in [9.17, 15) is 9.59 Å². The third-order valence-corrected chi connectivity index (χ3v) is 5.56. The lowest BCUT2D eigenvalue weighted by Gasteiger charge is -2.12. The zero-order chi connectivity index (χ0) is 20.3. The fourth-order valence-corrected chi connectivity index (χ4v) is 3.82. The molecule has 4 nitrogen and oxygen atoms in total. The molecule has 2 aromatic carbocycles. The molecule has 0 radical (unpaired) electrons. The van der Waals surface area contributed by atoms with Crippen LogP contribution in [0.4, 0.5) is 5.69 Å². The van der Waals surface area contributed by atoms with Crippen LogP contribution in [0.5, 0.6) is 0 Å².